The Morgan fingerprint density at radius 1 is 1.17 bits per heavy atom. The first-order chi connectivity index (χ1) is 11.5. The average Bonchev–Trinajstić information content (AvgIpc) is 3.06. The molecule has 2 aromatic carbocycles. The van der Waals surface area contributed by atoms with Crippen LogP contribution < -0.4 is 5.32 Å². The molecule has 4 nitrogen and oxygen atoms in total. The van der Waals surface area contributed by atoms with Crippen molar-refractivity contribution in [3.8, 4) is 11.4 Å². The number of aromatic nitrogens is 2. The van der Waals surface area contributed by atoms with Crippen LogP contribution in [0.2, 0.25) is 10.0 Å². The van der Waals surface area contributed by atoms with E-state index in [4.69, 9.17) is 27.7 Å². The molecule has 0 fully saturated rings. The molecule has 0 amide bonds. The van der Waals surface area contributed by atoms with E-state index < -0.39 is 5.82 Å². The average molecular weight is 366 g/mol. The van der Waals surface area contributed by atoms with E-state index >= 15 is 0 Å². The third-order valence-electron chi connectivity index (χ3n) is 3.57. The van der Waals surface area contributed by atoms with Gasteiger partial charge in [-0.25, -0.2) is 4.39 Å². The summed E-state index contributed by atoms with van der Waals surface area (Å²) in [5.74, 6) is 0.454. The van der Waals surface area contributed by atoms with Gasteiger partial charge in [0.15, 0.2) is 0 Å². The van der Waals surface area contributed by atoms with E-state index in [0.717, 1.165) is 5.56 Å². The highest BCUT2D eigenvalue weighted by Crippen LogP contribution is 2.28. The largest absolute Gasteiger partial charge is 0.338 e. The van der Waals surface area contributed by atoms with E-state index in [9.17, 15) is 4.39 Å². The fourth-order valence-electron chi connectivity index (χ4n) is 2.25. The van der Waals surface area contributed by atoms with Gasteiger partial charge in [0.1, 0.15) is 5.82 Å². The maximum atomic E-state index is 13.6. The van der Waals surface area contributed by atoms with Gasteiger partial charge in [-0.2, -0.15) is 4.98 Å². The van der Waals surface area contributed by atoms with Crippen molar-refractivity contribution >= 4 is 23.2 Å². The van der Waals surface area contributed by atoms with Crippen molar-refractivity contribution in [2.45, 2.75) is 19.5 Å². The Hall–Kier alpha value is -1.95. The van der Waals surface area contributed by atoms with E-state index in [1.54, 1.807) is 0 Å². The Kier molecular flexibility index (Phi) is 5.14. The molecular weight excluding hydrogens is 352 g/mol. The molecule has 1 atom stereocenters. The topological polar surface area (TPSA) is 51.0 Å². The zero-order valence-electron chi connectivity index (χ0n) is 12.8. The summed E-state index contributed by atoms with van der Waals surface area (Å²) in [6, 6.07) is 12.0. The van der Waals surface area contributed by atoms with Gasteiger partial charge in [-0.3, -0.25) is 0 Å². The molecule has 1 heterocycles. The highest BCUT2D eigenvalue weighted by Gasteiger charge is 2.15. The Morgan fingerprint density at radius 3 is 2.67 bits per heavy atom. The second-order valence-corrected chi connectivity index (χ2v) is 6.08. The van der Waals surface area contributed by atoms with Crippen LogP contribution in [0.25, 0.3) is 11.4 Å². The molecule has 3 aromatic rings. The predicted molar refractivity (Wildman–Crippen MR) is 91.4 cm³/mol. The van der Waals surface area contributed by atoms with Gasteiger partial charge in [-0.05, 0) is 24.6 Å². The summed E-state index contributed by atoms with van der Waals surface area (Å²) in [4.78, 5) is 4.33. The monoisotopic (exact) mass is 365 g/mol. The fraction of sp³-hybridized carbons (Fsp3) is 0.176. The molecule has 0 spiro atoms. The number of nitrogens with one attached hydrogen (secondary N) is 1. The zero-order valence-corrected chi connectivity index (χ0v) is 14.3. The van der Waals surface area contributed by atoms with Gasteiger partial charge in [0.2, 0.25) is 11.7 Å². The normalized spacial score (nSPS) is 12.3. The lowest BCUT2D eigenvalue weighted by atomic mass is 10.1. The minimum absolute atomic E-state index is 0.000328. The summed E-state index contributed by atoms with van der Waals surface area (Å²) in [5.41, 5.74) is 1.49. The van der Waals surface area contributed by atoms with Crippen LogP contribution in [0.5, 0.6) is 0 Å². The summed E-state index contributed by atoms with van der Waals surface area (Å²) in [6.07, 6.45) is 0. The number of rotatable bonds is 5. The molecule has 124 valence electrons. The molecule has 0 unspecified atom stereocenters. The Labute approximate surface area is 148 Å². The first-order valence-electron chi connectivity index (χ1n) is 7.30. The first-order valence-corrected chi connectivity index (χ1v) is 8.06. The fourth-order valence-corrected chi connectivity index (χ4v) is 2.80. The molecule has 0 aliphatic carbocycles. The quantitative estimate of drug-likeness (QED) is 0.644. The lowest BCUT2D eigenvalue weighted by Crippen LogP contribution is -2.18. The molecule has 1 aromatic heterocycles. The molecular formula is C17H14Cl2FN3O. The second kappa shape index (κ2) is 7.30. The molecule has 3 rings (SSSR count). The Morgan fingerprint density at radius 2 is 1.92 bits per heavy atom. The van der Waals surface area contributed by atoms with Gasteiger partial charge in [-0.1, -0.05) is 58.7 Å². The van der Waals surface area contributed by atoms with Gasteiger partial charge in [0.25, 0.3) is 0 Å². The van der Waals surface area contributed by atoms with Crippen molar-refractivity contribution in [2.24, 2.45) is 0 Å². The van der Waals surface area contributed by atoms with E-state index in [1.165, 1.54) is 12.1 Å². The minimum Gasteiger partial charge on any atom is -0.338 e. The highest BCUT2D eigenvalue weighted by atomic mass is 35.5. The molecule has 1 N–H and O–H groups in total. The van der Waals surface area contributed by atoms with Crippen LogP contribution in [0.1, 0.15) is 24.4 Å². The smallest absolute Gasteiger partial charge is 0.240 e. The van der Waals surface area contributed by atoms with Crippen LogP contribution >= 0.6 is 23.2 Å². The molecule has 7 heteroatoms. The Bertz CT molecular complexity index is 839. The maximum Gasteiger partial charge on any atom is 0.240 e. The summed E-state index contributed by atoms with van der Waals surface area (Å²) < 4.78 is 18.8. The van der Waals surface area contributed by atoms with E-state index in [1.807, 2.05) is 37.3 Å². The Balaban J connectivity index is 1.68. The lowest BCUT2D eigenvalue weighted by Gasteiger charge is -2.15. The second-order valence-electron chi connectivity index (χ2n) is 5.27. The SMILES string of the molecule is C[C@@H](NCc1nc(-c2ccccc2)no1)c1cc(F)c(Cl)cc1Cl. The van der Waals surface area contributed by atoms with Gasteiger partial charge in [0.05, 0.1) is 11.6 Å². The molecule has 24 heavy (non-hydrogen) atoms. The molecule has 0 radical (unpaired) electrons. The van der Waals surface area contributed by atoms with Crippen LogP contribution in [0.4, 0.5) is 4.39 Å². The van der Waals surface area contributed by atoms with Crippen LogP contribution in [-0.2, 0) is 6.54 Å². The predicted octanol–water partition coefficient (Wildman–Crippen LogP) is 5.03. The van der Waals surface area contributed by atoms with Crippen LogP contribution in [0.3, 0.4) is 0 Å². The zero-order chi connectivity index (χ0) is 17.1. The van der Waals surface area contributed by atoms with Crippen LogP contribution in [-0.4, -0.2) is 10.1 Å². The van der Waals surface area contributed by atoms with E-state index in [2.05, 4.69) is 15.5 Å². The molecule has 0 bridgehead atoms. The number of benzene rings is 2. The van der Waals surface area contributed by atoms with Gasteiger partial charge in [0, 0.05) is 16.6 Å². The summed E-state index contributed by atoms with van der Waals surface area (Å²) >= 11 is 11.8. The van der Waals surface area contributed by atoms with Crippen molar-refractivity contribution in [3.05, 3.63) is 69.8 Å². The molecule has 0 saturated carbocycles. The maximum absolute atomic E-state index is 13.6. The summed E-state index contributed by atoms with van der Waals surface area (Å²) in [5, 5.41) is 7.53. The number of hydrogen-bond donors (Lipinski definition) is 1. The number of hydrogen-bond acceptors (Lipinski definition) is 4. The molecule has 0 aliphatic rings. The van der Waals surface area contributed by atoms with Crippen molar-refractivity contribution in [1.82, 2.24) is 15.5 Å². The van der Waals surface area contributed by atoms with E-state index in [0.29, 0.717) is 28.8 Å². The third-order valence-corrected chi connectivity index (χ3v) is 4.18. The third kappa shape index (κ3) is 3.75. The van der Waals surface area contributed by atoms with Gasteiger partial charge < -0.3 is 9.84 Å². The van der Waals surface area contributed by atoms with Crippen molar-refractivity contribution < 1.29 is 8.91 Å². The van der Waals surface area contributed by atoms with Gasteiger partial charge in [-0.15, -0.1) is 0 Å². The standard InChI is InChI=1S/C17H14Cl2FN3O/c1-10(12-7-15(20)14(19)8-13(12)18)21-9-16-22-17(23-24-16)11-5-3-2-4-6-11/h2-8,10,21H,9H2,1H3/t10-/m1/s1. The lowest BCUT2D eigenvalue weighted by molar-refractivity contribution is 0.360. The van der Waals surface area contributed by atoms with E-state index in [-0.39, 0.29) is 11.1 Å². The minimum atomic E-state index is -0.506. The number of nitrogens with zero attached hydrogens (tertiary/aromatic N) is 2. The molecule has 0 aliphatic heterocycles. The van der Waals surface area contributed by atoms with Crippen molar-refractivity contribution in [2.75, 3.05) is 0 Å². The summed E-state index contributed by atoms with van der Waals surface area (Å²) in [6.45, 7) is 2.20. The molecule has 0 saturated heterocycles. The van der Waals surface area contributed by atoms with Gasteiger partial charge >= 0.3 is 0 Å². The van der Waals surface area contributed by atoms with Crippen molar-refractivity contribution in [1.29, 1.82) is 0 Å². The first kappa shape index (κ1) is 16.9. The number of halogens is 3. The van der Waals surface area contributed by atoms with Crippen LogP contribution in [0, 0.1) is 5.82 Å². The van der Waals surface area contributed by atoms with Crippen LogP contribution in [0.15, 0.2) is 47.0 Å². The van der Waals surface area contributed by atoms with Crippen molar-refractivity contribution in [3.63, 3.8) is 0 Å². The summed E-state index contributed by atoms with van der Waals surface area (Å²) in [7, 11) is 0. The highest BCUT2D eigenvalue weighted by molar-refractivity contribution is 6.35.